The summed E-state index contributed by atoms with van der Waals surface area (Å²) >= 11 is 0. The molecule has 1 N–H and O–H groups in total. The van der Waals surface area contributed by atoms with Crippen molar-refractivity contribution in [3.8, 4) is 0 Å². The number of piperidine rings is 4. The standard InChI is InChI=1S/C23H36N4O4/c28-21-3-1-2-20-18-12-16(14-27(20)21)13-26(15-18)23(30)25-8-4-19(5-9-25)24-22(29)17-6-10-31-11-7-17/h16-20H,1-15H2,(H,24,29)/t16-,18-,20-/m1/s1. The number of hydrogen-bond donors (Lipinski definition) is 1. The van der Waals surface area contributed by atoms with Crippen LogP contribution in [0.2, 0.25) is 0 Å². The second kappa shape index (κ2) is 8.96. The van der Waals surface area contributed by atoms with Crippen LogP contribution in [0.5, 0.6) is 0 Å². The summed E-state index contributed by atoms with van der Waals surface area (Å²) in [5, 5.41) is 3.21. The van der Waals surface area contributed by atoms with Gasteiger partial charge in [0.25, 0.3) is 0 Å². The molecule has 0 radical (unpaired) electrons. The molecule has 5 saturated heterocycles. The Balaban J connectivity index is 1.12. The third-order valence-electron chi connectivity index (χ3n) is 8.15. The molecule has 172 valence electrons. The summed E-state index contributed by atoms with van der Waals surface area (Å²) in [6.07, 6.45) is 7.19. The Morgan fingerprint density at radius 1 is 0.935 bits per heavy atom. The molecule has 5 rings (SSSR count). The molecule has 0 aliphatic carbocycles. The van der Waals surface area contributed by atoms with Crippen LogP contribution in [0.1, 0.15) is 51.4 Å². The molecular weight excluding hydrogens is 396 g/mol. The average Bonchev–Trinajstić information content (AvgIpc) is 2.80. The van der Waals surface area contributed by atoms with Crippen LogP contribution >= 0.6 is 0 Å². The van der Waals surface area contributed by atoms with E-state index in [4.69, 9.17) is 4.74 Å². The van der Waals surface area contributed by atoms with Crippen molar-refractivity contribution in [2.75, 3.05) is 45.9 Å². The highest BCUT2D eigenvalue weighted by atomic mass is 16.5. The van der Waals surface area contributed by atoms with Gasteiger partial charge < -0.3 is 24.8 Å². The van der Waals surface area contributed by atoms with Crippen LogP contribution in [0.25, 0.3) is 0 Å². The number of amides is 4. The normalized spacial score (nSPS) is 32.6. The summed E-state index contributed by atoms with van der Waals surface area (Å²) in [5.74, 6) is 1.39. The van der Waals surface area contributed by atoms with Crippen molar-refractivity contribution in [3.63, 3.8) is 0 Å². The van der Waals surface area contributed by atoms with Crippen LogP contribution in [-0.4, -0.2) is 90.6 Å². The molecule has 5 aliphatic heterocycles. The summed E-state index contributed by atoms with van der Waals surface area (Å²) in [7, 11) is 0. The highest BCUT2D eigenvalue weighted by Crippen LogP contribution is 2.38. The topological polar surface area (TPSA) is 82.2 Å². The summed E-state index contributed by atoms with van der Waals surface area (Å²) in [4.78, 5) is 44.2. The van der Waals surface area contributed by atoms with Crippen molar-refractivity contribution in [1.82, 2.24) is 20.0 Å². The van der Waals surface area contributed by atoms with Crippen LogP contribution in [0, 0.1) is 17.8 Å². The van der Waals surface area contributed by atoms with Gasteiger partial charge in [0.1, 0.15) is 0 Å². The Labute approximate surface area is 184 Å². The number of nitrogens with one attached hydrogen (secondary N) is 1. The number of nitrogens with zero attached hydrogens (tertiary/aromatic N) is 3. The summed E-state index contributed by atoms with van der Waals surface area (Å²) < 4.78 is 5.35. The first-order valence-corrected chi connectivity index (χ1v) is 12.3. The third kappa shape index (κ3) is 4.41. The van der Waals surface area contributed by atoms with E-state index in [1.54, 1.807) is 0 Å². The fourth-order valence-corrected chi connectivity index (χ4v) is 6.46. The zero-order chi connectivity index (χ0) is 21.4. The van der Waals surface area contributed by atoms with Crippen molar-refractivity contribution < 1.29 is 19.1 Å². The molecule has 4 amide bonds. The average molecular weight is 433 g/mol. The van der Waals surface area contributed by atoms with E-state index in [0.29, 0.717) is 56.5 Å². The lowest BCUT2D eigenvalue weighted by Crippen LogP contribution is -2.62. The molecule has 2 bridgehead atoms. The van der Waals surface area contributed by atoms with Gasteiger partial charge in [-0.05, 0) is 56.8 Å². The number of carbonyl (C=O) groups excluding carboxylic acids is 3. The first-order valence-electron chi connectivity index (χ1n) is 12.3. The fourth-order valence-electron chi connectivity index (χ4n) is 6.46. The number of ether oxygens (including phenoxy) is 1. The van der Waals surface area contributed by atoms with E-state index in [-0.39, 0.29) is 23.9 Å². The quantitative estimate of drug-likeness (QED) is 0.716. The minimum Gasteiger partial charge on any atom is -0.381 e. The van der Waals surface area contributed by atoms with Gasteiger partial charge in [0.05, 0.1) is 0 Å². The van der Waals surface area contributed by atoms with Crippen LogP contribution in [0.15, 0.2) is 0 Å². The van der Waals surface area contributed by atoms with E-state index in [1.807, 2.05) is 4.90 Å². The lowest BCUT2D eigenvalue weighted by Gasteiger charge is -2.53. The maximum atomic E-state index is 13.3. The second-order valence-corrected chi connectivity index (χ2v) is 10.2. The number of carbonyl (C=O) groups is 3. The molecule has 5 heterocycles. The van der Waals surface area contributed by atoms with Gasteiger partial charge in [-0.15, -0.1) is 0 Å². The minimum absolute atomic E-state index is 0.0763. The van der Waals surface area contributed by atoms with E-state index in [1.165, 1.54) is 0 Å². The van der Waals surface area contributed by atoms with E-state index >= 15 is 0 Å². The van der Waals surface area contributed by atoms with Gasteiger partial charge in [-0.3, -0.25) is 9.59 Å². The molecule has 0 aromatic carbocycles. The largest absolute Gasteiger partial charge is 0.381 e. The minimum atomic E-state index is 0.0763. The van der Waals surface area contributed by atoms with Crippen molar-refractivity contribution in [2.45, 2.75) is 63.5 Å². The maximum absolute atomic E-state index is 13.3. The SMILES string of the molecule is O=C(NC1CCN(C(=O)N2C[C@H]3C[C@H](C2)[C@H]2CCCC(=O)N2C3)CC1)C1CCOCC1. The molecule has 0 unspecified atom stereocenters. The molecule has 3 atom stereocenters. The van der Waals surface area contributed by atoms with Crippen LogP contribution < -0.4 is 5.32 Å². The summed E-state index contributed by atoms with van der Waals surface area (Å²) in [6, 6.07) is 0.653. The number of hydrogen-bond acceptors (Lipinski definition) is 4. The van der Waals surface area contributed by atoms with Gasteiger partial charge in [-0.25, -0.2) is 4.79 Å². The molecule has 0 saturated carbocycles. The first-order chi connectivity index (χ1) is 15.1. The first kappa shape index (κ1) is 21.0. The van der Waals surface area contributed by atoms with Gasteiger partial charge in [0.15, 0.2) is 0 Å². The Hall–Kier alpha value is -1.83. The Kier molecular flexibility index (Phi) is 6.08. The Morgan fingerprint density at radius 3 is 2.48 bits per heavy atom. The van der Waals surface area contributed by atoms with E-state index in [0.717, 1.165) is 64.6 Å². The maximum Gasteiger partial charge on any atom is 0.320 e. The predicted molar refractivity (Wildman–Crippen MR) is 114 cm³/mol. The molecule has 5 fully saturated rings. The van der Waals surface area contributed by atoms with Gasteiger partial charge in [0, 0.05) is 70.4 Å². The zero-order valence-electron chi connectivity index (χ0n) is 18.5. The van der Waals surface area contributed by atoms with Crippen molar-refractivity contribution in [3.05, 3.63) is 0 Å². The number of likely N-dealkylation sites (tertiary alicyclic amines) is 2. The van der Waals surface area contributed by atoms with Crippen molar-refractivity contribution >= 4 is 17.8 Å². The van der Waals surface area contributed by atoms with E-state index in [2.05, 4.69) is 15.1 Å². The Bertz CT molecular complexity index is 702. The number of fused-ring (bicyclic) bond motifs is 4. The van der Waals surface area contributed by atoms with Crippen LogP contribution in [0.4, 0.5) is 4.79 Å². The van der Waals surface area contributed by atoms with Gasteiger partial charge in [-0.2, -0.15) is 0 Å². The third-order valence-corrected chi connectivity index (χ3v) is 8.15. The zero-order valence-corrected chi connectivity index (χ0v) is 18.5. The highest BCUT2D eigenvalue weighted by Gasteiger charge is 2.45. The molecule has 8 heteroatoms. The second-order valence-electron chi connectivity index (χ2n) is 10.2. The van der Waals surface area contributed by atoms with Gasteiger partial charge >= 0.3 is 6.03 Å². The molecule has 5 aliphatic rings. The van der Waals surface area contributed by atoms with E-state index < -0.39 is 0 Å². The summed E-state index contributed by atoms with van der Waals surface area (Å²) in [5.41, 5.74) is 0. The fraction of sp³-hybridized carbons (Fsp3) is 0.870. The number of urea groups is 1. The smallest absolute Gasteiger partial charge is 0.320 e. The van der Waals surface area contributed by atoms with E-state index in [9.17, 15) is 14.4 Å². The van der Waals surface area contributed by atoms with Crippen molar-refractivity contribution in [2.24, 2.45) is 17.8 Å². The molecule has 0 aromatic heterocycles. The van der Waals surface area contributed by atoms with Crippen molar-refractivity contribution in [1.29, 1.82) is 0 Å². The molecule has 0 spiro atoms. The Morgan fingerprint density at radius 2 is 1.71 bits per heavy atom. The van der Waals surface area contributed by atoms with Crippen LogP contribution in [-0.2, 0) is 14.3 Å². The molecular formula is C23H36N4O4. The lowest BCUT2D eigenvalue weighted by molar-refractivity contribution is -0.144. The van der Waals surface area contributed by atoms with Gasteiger partial charge in [0.2, 0.25) is 11.8 Å². The number of rotatable bonds is 2. The predicted octanol–water partition coefficient (Wildman–Crippen LogP) is 1.45. The molecule has 31 heavy (non-hydrogen) atoms. The van der Waals surface area contributed by atoms with Crippen LogP contribution in [0.3, 0.4) is 0 Å². The van der Waals surface area contributed by atoms with Gasteiger partial charge in [-0.1, -0.05) is 0 Å². The highest BCUT2D eigenvalue weighted by molar-refractivity contribution is 5.79. The molecule has 8 nitrogen and oxygen atoms in total. The monoisotopic (exact) mass is 432 g/mol. The molecule has 0 aromatic rings. The lowest BCUT2D eigenvalue weighted by atomic mass is 9.76. The summed E-state index contributed by atoms with van der Waals surface area (Å²) in [6.45, 7) is 5.14.